The minimum absolute atomic E-state index is 0.0218. The van der Waals surface area contributed by atoms with Gasteiger partial charge in [0.15, 0.2) is 11.6 Å². The van der Waals surface area contributed by atoms with Crippen molar-refractivity contribution in [1.82, 2.24) is 10.2 Å². The maximum absolute atomic E-state index is 13.0. The zero-order chi connectivity index (χ0) is 12.4. The Hall–Kier alpha value is -2.16. The van der Waals surface area contributed by atoms with E-state index in [0.717, 1.165) is 12.1 Å². The summed E-state index contributed by atoms with van der Waals surface area (Å²) in [5, 5.41) is 11.1. The summed E-state index contributed by atoms with van der Waals surface area (Å²) in [5.41, 5.74) is 0.484. The van der Waals surface area contributed by atoms with Crippen LogP contribution in [0.5, 0.6) is 0 Å². The highest BCUT2D eigenvalue weighted by molar-refractivity contribution is 5.77. The Morgan fingerprint density at radius 3 is 2.88 bits per heavy atom. The van der Waals surface area contributed by atoms with Crippen LogP contribution in [0.3, 0.4) is 0 Å². The average Bonchev–Trinajstić information content (AvgIpc) is 2.65. The van der Waals surface area contributed by atoms with Crippen LogP contribution in [-0.2, 0) is 0 Å². The van der Waals surface area contributed by atoms with Gasteiger partial charge in [-0.3, -0.25) is 0 Å². The molecule has 1 saturated heterocycles. The number of amides is 2. The molecule has 1 heterocycles. The number of hydrogen-bond acceptors (Lipinski definition) is 2. The zero-order valence-electron chi connectivity index (χ0n) is 8.78. The normalized spacial score (nSPS) is 19.0. The first kappa shape index (κ1) is 11.3. The van der Waals surface area contributed by atoms with E-state index in [2.05, 4.69) is 5.32 Å². The van der Waals surface area contributed by atoms with Gasteiger partial charge in [-0.25, -0.2) is 13.6 Å². The minimum atomic E-state index is -0.949. The lowest BCUT2D eigenvalue weighted by atomic mass is 10.1. The number of halogens is 2. The fourth-order valence-corrected chi connectivity index (χ4v) is 1.73. The molecular weight excluding hydrogens is 228 g/mol. The maximum Gasteiger partial charge on any atom is 0.318 e. The molecule has 1 aromatic carbocycles. The molecule has 1 aliphatic rings. The highest BCUT2D eigenvalue weighted by Gasteiger charge is 2.29. The third-order valence-corrected chi connectivity index (χ3v) is 2.60. The molecule has 1 fully saturated rings. The van der Waals surface area contributed by atoms with Crippen molar-refractivity contribution in [2.24, 2.45) is 0 Å². The summed E-state index contributed by atoms with van der Waals surface area (Å²) < 4.78 is 25.8. The molecule has 1 unspecified atom stereocenters. The Bertz CT molecular complexity index is 498. The highest BCUT2D eigenvalue weighted by atomic mass is 19.2. The van der Waals surface area contributed by atoms with Crippen LogP contribution in [-0.4, -0.2) is 24.0 Å². The van der Waals surface area contributed by atoms with Crippen LogP contribution in [0.1, 0.15) is 11.6 Å². The van der Waals surface area contributed by atoms with Crippen LogP contribution in [0.2, 0.25) is 0 Å². The van der Waals surface area contributed by atoms with Crippen molar-refractivity contribution in [2.45, 2.75) is 6.04 Å². The van der Waals surface area contributed by atoms with E-state index in [1.54, 1.807) is 0 Å². The lowest BCUT2D eigenvalue weighted by molar-refractivity contribution is 0.222. The molecule has 1 atom stereocenters. The lowest BCUT2D eigenvalue weighted by Gasteiger charge is -2.10. The molecule has 0 saturated carbocycles. The van der Waals surface area contributed by atoms with Gasteiger partial charge >= 0.3 is 6.03 Å². The number of carbonyl (C=O) groups is 1. The van der Waals surface area contributed by atoms with E-state index in [-0.39, 0.29) is 19.1 Å². The number of benzene rings is 1. The molecular formula is C11H9F2N3O. The van der Waals surface area contributed by atoms with Gasteiger partial charge in [0, 0.05) is 6.54 Å². The van der Waals surface area contributed by atoms with E-state index in [9.17, 15) is 13.6 Å². The van der Waals surface area contributed by atoms with Gasteiger partial charge in [-0.15, -0.1) is 0 Å². The number of urea groups is 1. The third kappa shape index (κ3) is 2.18. The first-order valence-electron chi connectivity index (χ1n) is 4.99. The van der Waals surface area contributed by atoms with E-state index in [1.165, 1.54) is 11.0 Å². The monoisotopic (exact) mass is 237 g/mol. The van der Waals surface area contributed by atoms with E-state index < -0.39 is 17.7 Å². The molecule has 17 heavy (non-hydrogen) atoms. The Labute approximate surface area is 96.4 Å². The number of nitriles is 1. The molecule has 0 spiro atoms. The van der Waals surface area contributed by atoms with Crippen LogP contribution in [0, 0.1) is 23.0 Å². The Morgan fingerprint density at radius 1 is 1.47 bits per heavy atom. The fourth-order valence-electron chi connectivity index (χ4n) is 1.73. The van der Waals surface area contributed by atoms with Gasteiger partial charge < -0.3 is 10.2 Å². The van der Waals surface area contributed by atoms with Crippen LogP contribution in [0.25, 0.3) is 0 Å². The Morgan fingerprint density at radius 2 is 2.24 bits per heavy atom. The number of hydrogen-bond donors (Lipinski definition) is 1. The summed E-state index contributed by atoms with van der Waals surface area (Å²) in [4.78, 5) is 12.7. The van der Waals surface area contributed by atoms with Crippen molar-refractivity contribution in [3.8, 4) is 6.07 Å². The molecule has 4 nitrogen and oxygen atoms in total. The summed E-state index contributed by atoms with van der Waals surface area (Å²) >= 11 is 0. The second-order valence-electron chi connectivity index (χ2n) is 3.71. The van der Waals surface area contributed by atoms with Crippen molar-refractivity contribution >= 4 is 6.03 Å². The van der Waals surface area contributed by atoms with Crippen molar-refractivity contribution in [1.29, 1.82) is 5.26 Å². The van der Waals surface area contributed by atoms with Crippen molar-refractivity contribution in [2.75, 3.05) is 13.1 Å². The average molecular weight is 237 g/mol. The van der Waals surface area contributed by atoms with Crippen LogP contribution >= 0.6 is 0 Å². The quantitative estimate of drug-likeness (QED) is 0.793. The zero-order valence-corrected chi connectivity index (χ0v) is 8.78. The van der Waals surface area contributed by atoms with Gasteiger partial charge in [0.25, 0.3) is 0 Å². The van der Waals surface area contributed by atoms with Crippen molar-refractivity contribution < 1.29 is 13.6 Å². The summed E-state index contributed by atoms with van der Waals surface area (Å²) in [7, 11) is 0. The summed E-state index contributed by atoms with van der Waals surface area (Å²) in [6.07, 6.45) is 0. The van der Waals surface area contributed by atoms with Gasteiger partial charge in [-0.2, -0.15) is 5.26 Å². The fraction of sp³-hybridized carbons (Fsp3) is 0.273. The number of nitrogens with zero attached hydrogens (tertiary/aromatic N) is 2. The van der Waals surface area contributed by atoms with Crippen LogP contribution < -0.4 is 5.32 Å². The van der Waals surface area contributed by atoms with E-state index in [1.807, 2.05) is 6.07 Å². The molecule has 0 bridgehead atoms. The van der Waals surface area contributed by atoms with Crippen LogP contribution in [0.15, 0.2) is 18.2 Å². The molecule has 0 aromatic heterocycles. The predicted molar refractivity (Wildman–Crippen MR) is 54.8 cm³/mol. The predicted octanol–water partition coefficient (Wildman–Crippen LogP) is 1.55. The molecule has 88 valence electrons. The molecule has 1 aliphatic heterocycles. The second kappa shape index (κ2) is 4.37. The summed E-state index contributed by atoms with van der Waals surface area (Å²) in [5.74, 6) is -1.87. The smallest absolute Gasteiger partial charge is 0.318 e. The topological polar surface area (TPSA) is 56.1 Å². The standard InChI is InChI=1S/C11H9F2N3O/c12-8-2-1-7(5-9(8)13)10-6-16(4-3-14)11(17)15-10/h1-2,5,10H,4,6H2,(H,15,17). The van der Waals surface area contributed by atoms with Gasteiger partial charge in [-0.1, -0.05) is 6.07 Å². The molecule has 1 N–H and O–H groups in total. The maximum atomic E-state index is 13.0. The molecule has 2 rings (SSSR count). The number of carbonyl (C=O) groups excluding carboxylic acids is 1. The first-order valence-corrected chi connectivity index (χ1v) is 4.99. The Kier molecular flexibility index (Phi) is 2.91. The SMILES string of the molecule is N#CCN1CC(c2ccc(F)c(F)c2)NC1=O. The van der Waals surface area contributed by atoms with Crippen molar-refractivity contribution in [3.63, 3.8) is 0 Å². The molecule has 0 radical (unpaired) electrons. The van der Waals surface area contributed by atoms with Gasteiger partial charge in [0.1, 0.15) is 6.54 Å². The van der Waals surface area contributed by atoms with E-state index in [4.69, 9.17) is 5.26 Å². The van der Waals surface area contributed by atoms with Gasteiger partial charge in [0.05, 0.1) is 12.1 Å². The lowest BCUT2D eigenvalue weighted by Crippen LogP contribution is -2.28. The second-order valence-corrected chi connectivity index (χ2v) is 3.71. The molecule has 2 amide bonds. The highest BCUT2D eigenvalue weighted by Crippen LogP contribution is 2.21. The number of rotatable bonds is 2. The number of nitrogens with one attached hydrogen (secondary N) is 1. The van der Waals surface area contributed by atoms with Gasteiger partial charge in [-0.05, 0) is 17.7 Å². The minimum Gasteiger partial charge on any atom is -0.329 e. The summed E-state index contributed by atoms with van der Waals surface area (Å²) in [6.45, 7) is 0.253. The summed E-state index contributed by atoms with van der Waals surface area (Å²) in [6, 6.07) is 4.56. The van der Waals surface area contributed by atoms with Crippen LogP contribution in [0.4, 0.5) is 13.6 Å². The van der Waals surface area contributed by atoms with Gasteiger partial charge in [0.2, 0.25) is 0 Å². The Balaban J connectivity index is 2.17. The van der Waals surface area contributed by atoms with E-state index >= 15 is 0 Å². The van der Waals surface area contributed by atoms with E-state index in [0.29, 0.717) is 5.56 Å². The molecule has 6 heteroatoms. The van der Waals surface area contributed by atoms with Crippen molar-refractivity contribution in [3.05, 3.63) is 35.4 Å². The molecule has 1 aromatic rings. The molecule has 0 aliphatic carbocycles. The largest absolute Gasteiger partial charge is 0.329 e. The third-order valence-electron chi connectivity index (χ3n) is 2.60. The first-order chi connectivity index (χ1) is 8.11.